The van der Waals surface area contributed by atoms with Gasteiger partial charge in [-0.2, -0.15) is 0 Å². The molecule has 1 amide bonds. The monoisotopic (exact) mass is 346 g/mol. The summed E-state index contributed by atoms with van der Waals surface area (Å²) in [6, 6.07) is 5.98. The molecule has 3 N–H and O–H groups in total. The number of guanidine groups is 1. The summed E-state index contributed by atoms with van der Waals surface area (Å²) in [5.74, 6) is 1.90. The first-order valence-electron chi connectivity index (χ1n) is 8.94. The molecule has 138 valence electrons. The second kappa shape index (κ2) is 9.25. The molecule has 1 aliphatic heterocycles. The number of hydrogen-bond donors (Lipinski definition) is 2. The Morgan fingerprint density at radius 1 is 1.48 bits per heavy atom. The summed E-state index contributed by atoms with van der Waals surface area (Å²) >= 11 is 0. The SMILES string of the molecule is CCNC(=NCc1cccc(N(C)C)n1)N1CCCC(CC(N)=O)C1. The largest absolute Gasteiger partial charge is 0.370 e. The molecule has 0 radical (unpaired) electrons. The van der Waals surface area contributed by atoms with Crippen LogP contribution in [0.25, 0.3) is 0 Å². The third kappa shape index (κ3) is 5.92. The summed E-state index contributed by atoms with van der Waals surface area (Å²) in [5.41, 5.74) is 6.30. The first kappa shape index (κ1) is 19.0. The van der Waals surface area contributed by atoms with Crippen LogP contribution in [0.2, 0.25) is 0 Å². The molecule has 7 nitrogen and oxygen atoms in total. The van der Waals surface area contributed by atoms with Crippen molar-refractivity contribution in [3.8, 4) is 0 Å². The second-order valence-electron chi connectivity index (χ2n) is 6.68. The minimum Gasteiger partial charge on any atom is -0.370 e. The summed E-state index contributed by atoms with van der Waals surface area (Å²) in [6.45, 7) is 5.17. The number of aromatic nitrogens is 1. The van der Waals surface area contributed by atoms with Crippen LogP contribution in [-0.2, 0) is 11.3 Å². The van der Waals surface area contributed by atoms with Crippen LogP contribution in [0.5, 0.6) is 0 Å². The average Bonchev–Trinajstić information content (AvgIpc) is 2.58. The van der Waals surface area contributed by atoms with Crippen molar-refractivity contribution in [3.63, 3.8) is 0 Å². The number of pyridine rings is 1. The number of nitrogens with zero attached hydrogens (tertiary/aromatic N) is 4. The molecule has 0 bridgehead atoms. The van der Waals surface area contributed by atoms with Crippen LogP contribution in [0.1, 0.15) is 31.9 Å². The lowest BCUT2D eigenvalue weighted by atomic mass is 9.95. The molecule has 0 aliphatic carbocycles. The molecule has 0 spiro atoms. The Bertz CT molecular complexity index is 601. The highest BCUT2D eigenvalue weighted by Gasteiger charge is 2.23. The number of aliphatic imine (C=N–C) groups is 1. The number of nitrogens with one attached hydrogen (secondary N) is 1. The van der Waals surface area contributed by atoms with E-state index in [1.165, 1.54) is 0 Å². The van der Waals surface area contributed by atoms with Gasteiger partial charge in [0.15, 0.2) is 5.96 Å². The maximum atomic E-state index is 11.2. The molecule has 1 unspecified atom stereocenters. The lowest BCUT2D eigenvalue weighted by Crippen LogP contribution is -2.47. The fraction of sp³-hybridized carbons (Fsp3) is 0.611. The molecule has 1 aromatic rings. The van der Waals surface area contributed by atoms with E-state index in [1.54, 1.807) is 0 Å². The molecular weight excluding hydrogens is 316 g/mol. The normalized spacial score (nSPS) is 18.1. The number of anilines is 1. The van der Waals surface area contributed by atoms with Gasteiger partial charge in [-0.3, -0.25) is 4.79 Å². The van der Waals surface area contributed by atoms with Gasteiger partial charge in [-0.25, -0.2) is 9.98 Å². The van der Waals surface area contributed by atoms with E-state index in [0.29, 0.717) is 18.9 Å². The van der Waals surface area contributed by atoms with Crippen molar-refractivity contribution >= 4 is 17.7 Å². The van der Waals surface area contributed by atoms with Crippen molar-refractivity contribution in [1.82, 2.24) is 15.2 Å². The van der Waals surface area contributed by atoms with E-state index in [0.717, 1.165) is 49.9 Å². The highest BCUT2D eigenvalue weighted by Crippen LogP contribution is 2.19. The zero-order chi connectivity index (χ0) is 18.2. The zero-order valence-electron chi connectivity index (χ0n) is 15.5. The molecule has 25 heavy (non-hydrogen) atoms. The van der Waals surface area contributed by atoms with Gasteiger partial charge < -0.3 is 20.9 Å². The second-order valence-corrected chi connectivity index (χ2v) is 6.68. The van der Waals surface area contributed by atoms with Gasteiger partial charge in [-0.1, -0.05) is 6.07 Å². The van der Waals surface area contributed by atoms with E-state index in [1.807, 2.05) is 37.2 Å². The van der Waals surface area contributed by atoms with Crippen molar-refractivity contribution in [2.75, 3.05) is 38.6 Å². The summed E-state index contributed by atoms with van der Waals surface area (Å²) in [6.07, 6.45) is 2.55. The Hall–Kier alpha value is -2.31. The zero-order valence-corrected chi connectivity index (χ0v) is 15.5. The van der Waals surface area contributed by atoms with Crippen LogP contribution in [0, 0.1) is 5.92 Å². The molecule has 1 atom stereocenters. The van der Waals surface area contributed by atoms with E-state index in [9.17, 15) is 4.79 Å². The molecule has 2 rings (SSSR count). The lowest BCUT2D eigenvalue weighted by molar-refractivity contribution is -0.119. The lowest BCUT2D eigenvalue weighted by Gasteiger charge is -2.34. The van der Waals surface area contributed by atoms with E-state index >= 15 is 0 Å². The number of likely N-dealkylation sites (tertiary alicyclic amines) is 1. The number of piperidine rings is 1. The van der Waals surface area contributed by atoms with Crippen LogP contribution >= 0.6 is 0 Å². The molecule has 1 aliphatic rings. The molecule has 1 saturated heterocycles. The predicted octanol–water partition coefficient (Wildman–Crippen LogP) is 1.20. The molecular formula is C18H30N6O. The number of rotatable bonds is 6. The fourth-order valence-corrected chi connectivity index (χ4v) is 3.09. The van der Waals surface area contributed by atoms with Gasteiger partial charge in [0, 0.05) is 40.2 Å². The standard InChI is InChI=1S/C18H30N6O/c1-4-20-18(24-10-6-7-14(13-24)11-16(19)25)21-12-15-8-5-9-17(22-15)23(2)3/h5,8-9,14H,4,6-7,10-13H2,1-3H3,(H2,19,25)(H,20,21). The minimum absolute atomic E-state index is 0.224. The Labute approximate surface area is 150 Å². The Morgan fingerprint density at radius 2 is 2.28 bits per heavy atom. The topological polar surface area (TPSA) is 86.8 Å². The number of carbonyl (C=O) groups excluding carboxylic acids is 1. The van der Waals surface area contributed by atoms with E-state index in [4.69, 9.17) is 10.7 Å². The van der Waals surface area contributed by atoms with Crippen molar-refractivity contribution in [2.24, 2.45) is 16.6 Å². The number of amides is 1. The van der Waals surface area contributed by atoms with Gasteiger partial charge in [-0.05, 0) is 37.8 Å². The van der Waals surface area contributed by atoms with Crippen molar-refractivity contribution < 1.29 is 4.79 Å². The Morgan fingerprint density at radius 3 is 2.96 bits per heavy atom. The molecule has 7 heteroatoms. The molecule has 0 aromatic carbocycles. The Kier molecular flexibility index (Phi) is 7.03. The highest BCUT2D eigenvalue weighted by atomic mass is 16.1. The number of primary amides is 1. The minimum atomic E-state index is -0.224. The maximum absolute atomic E-state index is 11.2. The highest BCUT2D eigenvalue weighted by molar-refractivity contribution is 5.80. The summed E-state index contributed by atoms with van der Waals surface area (Å²) < 4.78 is 0. The fourth-order valence-electron chi connectivity index (χ4n) is 3.09. The first-order valence-corrected chi connectivity index (χ1v) is 8.94. The first-order chi connectivity index (χ1) is 12.0. The van der Waals surface area contributed by atoms with E-state index < -0.39 is 0 Å². The smallest absolute Gasteiger partial charge is 0.217 e. The van der Waals surface area contributed by atoms with Gasteiger partial charge in [0.25, 0.3) is 0 Å². The summed E-state index contributed by atoms with van der Waals surface area (Å²) in [5, 5.41) is 3.36. The number of nitrogens with two attached hydrogens (primary N) is 1. The van der Waals surface area contributed by atoms with Crippen LogP contribution in [0.4, 0.5) is 5.82 Å². The summed E-state index contributed by atoms with van der Waals surface area (Å²) in [7, 11) is 3.96. The Balaban J connectivity index is 2.07. The maximum Gasteiger partial charge on any atom is 0.217 e. The van der Waals surface area contributed by atoms with Crippen LogP contribution in [0.15, 0.2) is 23.2 Å². The van der Waals surface area contributed by atoms with Gasteiger partial charge in [0.05, 0.1) is 12.2 Å². The number of carbonyl (C=O) groups is 1. The van der Waals surface area contributed by atoms with Crippen molar-refractivity contribution in [2.45, 2.75) is 32.7 Å². The summed E-state index contributed by atoms with van der Waals surface area (Å²) in [4.78, 5) is 24.8. The molecule has 0 saturated carbocycles. The molecule has 2 heterocycles. The van der Waals surface area contributed by atoms with E-state index in [2.05, 4.69) is 22.1 Å². The third-order valence-corrected chi connectivity index (χ3v) is 4.28. The van der Waals surface area contributed by atoms with Gasteiger partial charge in [-0.15, -0.1) is 0 Å². The van der Waals surface area contributed by atoms with E-state index in [-0.39, 0.29) is 5.91 Å². The predicted molar refractivity (Wildman–Crippen MR) is 101 cm³/mol. The quantitative estimate of drug-likeness (QED) is 0.597. The van der Waals surface area contributed by atoms with Crippen molar-refractivity contribution in [3.05, 3.63) is 23.9 Å². The van der Waals surface area contributed by atoms with Crippen LogP contribution < -0.4 is 16.0 Å². The third-order valence-electron chi connectivity index (χ3n) is 4.28. The van der Waals surface area contributed by atoms with Gasteiger partial charge in [0.2, 0.25) is 5.91 Å². The van der Waals surface area contributed by atoms with Gasteiger partial charge >= 0.3 is 0 Å². The molecule has 1 aromatic heterocycles. The average molecular weight is 346 g/mol. The van der Waals surface area contributed by atoms with Crippen LogP contribution in [0.3, 0.4) is 0 Å². The molecule has 1 fully saturated rings. The van der Waals surface area contributed by atoms with Crippen LogP contribution in [-0.4, -0.2) is 55.5 Å². The van der Waals surface area contributed by atoms with Gasteiger partial charge in [0.1, 0.15) is 5.82 Å². The number of hydrogen-bond acceptors (Lipinski definition) is 4. The van der Waals surface area contributed by atoms with Crippen molar-refractivity contribution in [1.29, 1.82) is 0 Å².